The lowest BCUT2D eigenvalue weighted by Gasteiger charge is -2.15. The Balaban J connectivity index is 1.59. The van der Waals surface area contributed by atoms with Gasteiger partial charge < -0.3 is 14.5 Å². The number of benzene rings is 1. The molecule has 1 aromatic heterocycles. The van der Waals surface area contributed by atoms with E-state index in [0.717, 1.165) is 0 Å². The molecular weight excluding hydrogens is 341 g/mol. The van der Waals surface area contributed by atoms with Gasteiger partial charge in [0.25, 0.3) is 0 Å². The maximum absolute atomic E-state index is 13.6. The number of nitrogens with zero attached hydrogens (tertiary/aromatic N) is 3. The van der Waals surface area contributed by atoms with Crippen molar-refractivity contribution in [3.05, 3.63) is 35.5 Å². The van der Waals surface area contributed by atoms with Crippen LogP contribution in [0, 0.1) is 24.6 Å². The second-order valence-corrected chi connectivity index (χ2v) is 6.70. The van der Waals surface area contributed by atoms with Crippen LogP contribution in [0.15, 0.2) is 22.7 Å². The highest BCUT2D eigenvalue weighted by Crippen LogP contribution is 2.24. The second kappa shape index (κ2) is 7.23. The normalized spacial score (nSPS) is 19.7. The van der Waals surface area contributed by atoms with Crippen LogP contribution < -0.4 is 0 Å². The van der Waals surface area contributed by atoms with Crippen LogP contribution in [0.5, 0.6) is 0 Å². The Kier molecular flexibility index (Phi) is 5.01. The molecule has 2 aromatic rings. The number of rotatable bonds is 5. The van der Waals surface area contributed by atoms with Crippen LogP contribution in [0.25, 0.3) is 11.4 Å². The number of aliphatic carboxylic acids is 1. The van der Waals surface area contributed by atoms with Crippen molar-refractivity contribution in [3.8, 4) is 11.4 Å². The Morgan fingerprint density at radius 3 is 2.81 bits per heavy atom. The summed E-state index contributed by atoms with van der Waals surface area (Å²) in [6.45, 7) is 4.16. The van der Waals surface area contributed by atoms with Gasteiger partial charge in [-0.15, -0.1) is 0 Å². The number of carbonyl (C=O) groups excluding carboxylic acids is 1. The smallest absolute Gasteiger partial charge is 0.308 e. The topological polar surface area (TPSA) is 96.5 Å². The fourth-order valence-corrected chi connectivity index (χ4v) is 3.07. The molecule has 3 rings (SSSR count). The molecule has 26 heavy (non-hydrogen) atoms. The Hall–Kier alpha value is -2.77. The summed E-state index contributed by atoms with van der Waals surface area (Å²) < 4.78 is 18.8. The molecule has 0 unspecified atom stereocenters. The van der Waals surface area contributed by atoms with E-state index in [9.17, 15) is 14.0 Å². The maximum Gasteiger partial charge on any atom is 0.308 e. The number of aryl methyl sites for hydroxylation is 2. The fraction of sp³-hybridized carbons (Fsp3) is 0.444. The largest absolute Gasteiger partial charge is 0.481 e. The number of carboxylic acids is 1. The minimum absolute atomic E-state index is 0.0668. The van der Waals surface area contributed by atoms with Crippen LogP contribution in [0.2, 0.25) is 0 Å². The number of amides is 1. The van der Waals surface area contributed by atoms with Gasteiger partial charge in [-0.1, -0.05) is 24.2 Å². The van der Waals surface area contributed by atoms with Crippen LogP contribution in [0.3, 0.4) is 0 Å². The molecular formula is C18H20FN3O4. The molecule has 8 heteroatoms. The van der Waals surface area contributed by atoms with Gasteiger partial charge in [-0.25, -0.2) is 4.39 Å². The number of hydrogen-bond donors (Lipinski definition) is 1. The van der Waals surface area contributed by atoms with Crippen molar-refractivity contribution >= 4 is 11.9 Å². The number of likely N-dealkylation sites (tertiary alicyclic amines) is 1. The summed E-state index contributed by atoms with van der Waals surface area (Å²) >= 11 is 0. The van der Waals surface area contributed by atoms with Gasteiger partial charge in [-0.2, -0.15) is 4.98 Å². The first-order valence-corrected chi connectivity index (χ1v) is 8.45. The van der Waals surface area contributed by atoms with Crippen molar-refractivity contribution in [2.45, 2.75) is 26.7 Å². The molecule has 2 heterocycles. The molecule has 7 nitrogen and oxygen atoms in total. The number of halogens is 1. The molecule has 1 fully saturated rings. The van der Waals surface area contributed by atoms with Crippen LogP contribution >= 0.6 is 0 Å². The number of hydrogen-bond acceptors (Lipinski definition) is 5. The van der Waals surface area contributed by atoms with Gasteiger partial charge in [-0.05, 0) is 24.5 Å². The monoisotopic (exact) mass is 361 g/mol. The van der Waals surface area contributed by atoms with Crippen molar-refractivity contribution in [2.24, 2.45) is 11.8 Å². The zero-order valence-corrected chi connectivity index (χ0v) is 14.6. The van der Waals surface area contributed by atoms with Crippen molar-refractivity contribution < 1.29 is 23.6 Å². The van der Waals surface area contributed by atoms with Gasteiger partial charge in [0.15, 0.2) is 0 Å². The van der Waals surface area contributed by atoms with Crippen molar-refractivity contribution in [3.63, 3.8) is 0 Å². The highest BCUT2D eigenvalue weighted by atomic mass is 19.1. The number of carboxylic acid groups (broad SMARTS) is 1. The standard InChI is InChI=1S/C18H20FN3O4/c1-10-3-4-12(7-14(10)19)17-20-15(26-21-17)5-6-16(23)22-8-11(2)13(9-22)18(24)25/h3-4,7,11,13H,5-6,8-9H2,1-2H3,(H,24,25)/t11-,13-/m1/s1. The van der Waals surface area contributed by atoms with Gasteiger partial charge >= 0.3 is 5.97 Å². The zero-order valence-electron chi connectivity index (χ0n) is 14.6. The summed E-state index contributed by atoms with van der Waals surface area (Å²) in [6, 6.07) is 4.68. The molecule has 1 aliphatic heterocycles. The third kappa shape index (κ3) is 3.74. The van der Waals surface area contributed by atoms with Gasteiger partial charge in [0.1, 0.15) is 5.82 Å². The zero-order chi connectivity index (χ0) is 18.8. The molecule has 0 spiro atoms. The molecule has 0 radical (unpaired) electrons. The average Bonchev–Trinajstić information content (AvgIpc) is 3.22. The summed E-state index contributed by atoms with van der Waals surface area (Å²) in [6.07, 6.45) is 0.408. The van der Waals surface area contributed by atoms with E-state index in [2.05, 4.69) is 10.1 Å². The molecule has 0 saturated carbocycles. The highest BCUT2D eigenvalue weighted by molar-refractivity contribution is 5.79. The molecule has 1 amide bonds. The van der Waals surface area contributed by atoms with E-state index in [-0.39, 0.29) is 48.7 Å². The third-order valence-corrected chi connectivity index (χ3v) is 4.73. The van der Waals surface area contributed by atoms with E-state index in [1.165, 1.54) is 6.07 Å². The molecule has 1 aliphatic rings. The van der Waals surface area contributed by atoms with E-state index in [1.807, 2.05) is 6.92 Å². The first-order valence-electron chi connectivity index (χ1n) is 8.45. The minimum atomic E-state index is -0.875. The Morgan fingerprint density at radius 2 is 2.15 bits per heavy atom. The average molecular weight is 361 g/mol. The molecule has 0 bridgehead atoms. The highest BCUT2D eigenvalue weighted by Gasteiger charge is 2.36. The SMILES string of the molecule is Cc1ccc(-c2noc(CCC(=O)N3C[C@@H](C)[C@H](C(=O)O)C3)n2)cc1F. The molecule has 1 saturated heterocycles. The predicted molar refractivity (Wildman–Crippen MR) is 89.6 cm³/mol. The van der Waals surface area contributed by atoms with E-state index in [1.54, 1.807) is 24.0 Å². The van der Waals surface area contributed by atoms with Crippen molar-refractivity contribution in [1.82, 2.24) is 15.0 Å². The first kappa shape index (κ1) is 18.0. The number of carbonyl (C=O) groups is 2. The van der Waals surface area contributed by atoms with E-state index < -0.39 is 11.9 Å². The van der Waals surface area contributed by atoms with E-state index in [4.69, 9.17) is 9.63 Å². The minimum Gasteiger partial charge on any atom is -0.481 e. The lowest BCUT2D eigenvalue weighted by Crippen LogP contribution is -2.30. The fourth-order valence-electron chi connectivity index (χ4n) is 3.07. The molecule has 0 aliphatic carbocycles. The van der Waals surface area contributed by atoms with Crippen molar-refractivity contribution in [1.29, 1.82) is 0 Å². The van der Waals surface area contributed by atoms with Crippen LogP contribution in [0.4, 0.5) is 4.39 Å². The summed E-state index contributed by atoms with van der Waals surface area (Å²) in [4.78, 5) is 29.2. The van der Waals surface area contributed by atoms with Crippen LogP contribution in [-0.2, 0) is 16.0 Å². The second-order valence-electron chi connectivity index (χ2n) is 6.70. The van der Waals surface area contributed by atoms with E-state index >= 15 is 0 Å². The predicted octanol–water partition coefficient (Wildman–Crippen LogP) is 2.30. The summed E-state index contributed by atoms with van der Waals surface area (Å²) in [5.41, 5.74) is 1.04. The number of aromatic nitrogens is 2. The van der Waals surface area contributed by atoms with Gasteiger partial charge in [0.05, 0.1) is 5.92 Å². The molecule has 2 atom stereocenters. The lowest BCUT2D eigenvalue weighted by atomic mass is 9.99. The van der Waals surface area contributed by atoms with Gasteiger partial charge in [-0.3, -0.25) is 9.59 Å². The first-order chi connectivity index (χ1) is 12.3. The summed E-state index contributed by atoms with van der Waals surface area (Å²) in [5.74, 6) is -1.39. The van der Waals surface area contributed by atoms with Gasteiger partial charge in [0.2, 0.25) is 17.6 Å². The summed E-state index contributed by atoms with van der Waals surface area (Å²) in [7, 11) is 0. The molecule has 1 aromatic carbocycles. The maximum atomic E-state index is 13.6. The summed E-state index contributed by atoms with van der Waals surface area (Å²) in [5, 5.41) is 13.0. The van der Waals surface area contributed by atoms with Gasteiger partial charge in [0, 0.05) is 31.5 Å². The lowest BCUT2D eigenvalue weighted by molar-refractivity contribution is -0.142. The molecule has 1 N–H and O–H groups in total. The molecule has 138 valence electrons. The Bertz CT molecular complexity index is 836. The third-order valence-electron chi connectivity index (χ3n) is 4.73. The quantitative estimate of drug-likeness (QED) is 0.878. The van der Waals surface area contributed by atoms with E-state index in [0.29, 0.717) is 17.7 Å². The van der Waals surface area contributed by atoms with Crippen molar-refractivity contribution in [2.75, 3.05) is 13.1 Å². The van der Waals surface area contributed by atoms with Crippen LogP contribution in [0.1, 0.15) is 24.8 Å². The Labute approximate surface area is 149 Å². The Morgan fingerprint density at radius 1 is 1.38 bits per heavy atom. The van der Waals surface area contributed by atoms with Crippen LogP contribution in [-0.4, -0.2) is 45.1 Å².